The van der Waals surface area contributed by atoms with Crippen LogP contribution in [0.5, 0.6) is 5.75 Å². The van der Waals surface area contributed by atoms with Crippen LogP contribution >= 0.6 is 0 Å². The molecule has 0 N–H and O–H groups in total. The van der Waals surface area contributed by atoms with Gasteiger partial charge in [-0.25, -0.2) is 8.42 Å². The quantitative estimate of drug-likeness (QED) is 0.656. The molecule has 7 heteroatoms. The maximum atomic E-state index is 12.8. The zero-order valence-electron chi connectivity index (χ0n) is 17.6. The summed E-state index contributed by atoms with van der Waals surface area (Å²) in [7, 11) is -3.40. The van der Waals surface area contributed by atoms with Crippen molar-refractivity contribution in [1.29, 1.82) is 5.26 Å². The van der Waals surface area contributed by atoms with Crippen molar-refractivity contribution in [2.75, 3.05) is 32.1 Å². The Kier molecular flexibility index (Phi) is 6.91. The van der Waals surface area contributed by atoms with Gasteiger partial charge in [-0.15, -0.1) is 0 Å². The van der Waals surface area contributed by atoms with E-state index in [4.69, 9.17) is 14.7 Å². The molecular formula is C24H28N2O4S. The highest BCUT2D eigenvalue weighted by Gasteiger charge is 2.28. The number of hydrogen-bond acceptors (Lipinski definition) is 6. The Bertz CT molecular complexity index is 1020. The molecule has 0 radical (unpaired) electrons. The number of ether oxygens (including phenoxy) is 2. The molecule has 1 atom stereocenters. The van der Waals surface area contributed by atoms with E-state index in [0.717, 1.165) is 57.9 Å². The molecule has 0 spiro atoms. The van der Waals surface area contributed by atoms with E-state index in [1.807, 2.05) is 18.2 Å². The van der Waals surface area contributed by atoms with E-state index >= 15 is 0 Å². The van der Waals surface area contributed by atoms with E-state index < -0.39 is 9.84 Å². The van der Waals surface area contributed by atoms with E-state index in [2.05, 4.69) is 17.0 Å². The Morgan fingerprint density at radius 2 is 1.87 bits per heavy atom. The highest BCUT2D eigenvalue weighted by Crippen LogP contribution is 2.25. The largest absolute Gasteiger partial charge is 0.490 e. The molecule has 0 aromatic heterocycles. The SMILES string of the molecule is N#Cc1cccc(S(=O)(=O)C[C@@H]2CCN(Cc3ccc(OC4CCOCC4)cc3)C2)c1. The van der Waals surface area contributed by atoms with Gasteiger partial charge in [0.2, 0.25) is 0 Å². The molecule has 0 bridgehead atoms. The molecule has 4 rings (SSSR count). The highest BCUT2D eigenvalue weighted by atomic mass is 32.2. The first-order valence-electron chi connectivity index (χ1n) is 10.8. The zero-order chi connectivity index (χ0) is 21.7. The summed E-state index contributed by atoms with van der Waals surface area (Å²) in [6, 6.07) is 16.5. The number of likely N-dealkylation sites (tertiary alicyclic amines) is 1. The van der Waals surface area contributed by atoms with Crippen LogP contribution in [0.3, 0.4) is 0 Å². The van der Waals surface area contributed by atoms with Crippen LogP contribution in [0.4, 0.5) is 0 Å². The Morgan fingerprint density at radius 3 is 2.61 bits per heavy atom. The maximum absolute atomic E-state index is 12.8. The molecule has 2 aromatic rings. The van der Waals surface area contributed by atoms with Crippen LogP contribution in [0.25, 0.3) is 0 Å². The summed E-state index contributed by atoms with van der Waals surface area (Å²) >= 11 is 0. The van der Waals surface area contributed by atoms with Gasteiger partial charge in [0.05, 0.1) is 35.5 Å². The summed E-state index contributed by atoms with van der Waals surface area (Å²) in [4.78, 5) is 2.55. The van der Waals surface area contributed by atoms with Gasteiger partial charge in [0.15, 0.2) is 9.84 Å². The first kappa shape index (κ1) is 21.8. The third kappa shape index (κ3) is 5.85. The molecule has 0 unspecified atom stereocenters. The van der Waals surface area contributed by atoms with Gasteiger partial charge in [-0.3, -0.25) is 4.90 Å². The molecule has 0 saturated carbocycles. The normalized spacial score (nSPS) is 20.4. The second-order valence-corrected chi connectivity index (χ2v) is 10.4. The molecule has 31 heavy (non-hydrogen) atoms. The van der Waals surface area contributed by atoms with Gasteiger partial charge in [-0.2, -0.15) is 5.26 Å². The van der Waals surface area contributed by atoms with Crippen LogP contribution in [0, 0.1) is 17.2 Å². The summed E-state index contributed by atoms with van der Waals surface area (Å²) in [6.07, 6.45) is 2.96. The van der Waals surface area contributed by atoms with Crippen LogP contribution in [-0.4, -0.2) is 51.5 Å². The predicted octanol–water partition coefficient (Wildman–Crippen LogP) is 3.41. The molecule has 0 amide bonds. The Morgan fingerprint density at radius 1 is 1.10 bits per heavy atom. The molecule has 2 saturated heterocycles. The highest BCUT2D eigenvalue weighted by molar-refractivity contribution is 7.91. The van der Waals surface area contributed by atoms with Crippen LogP contribution in [-0.2, 0) is 21.1 Å². The van der Waals surface area contributed by atoms with Gasteiger partial charge in [0.25, 0.3) is 0 Å². The van der Waals surface area contributed by atoms with E-state index in [1.54, 1.807) is 18.2 Å². The molecule has 2 fully saturated rings. The van der Waals surface area contributed by atoms with Gasteiger partial charge in [0.1, 0.15) is 11.9 Å². The number of hydrogen-bond donors (Lipinski definition) is 0. The summed E-state index contributed by atoms with van der Waals surface area (Å²) in [5.41, 5.74) is 1.57. The van der Waals surface area contributed by atoms with Gasteiger partial charge >= 0.3 is 0 Å². The first-order chi connectivity index (χ1) is 15.0. The van der Waals surface area contributed by atoms with Gasteiger partial charge < -0.3 is 9.47 Å². The average molecular weight is 441 g/mol. The van der Waals surface area contributed by atoms with Crippen molar-refractivity contribution < 1.29 is 17.9 Å². The number of rotatable bonds is 7. The standard InChI is InChI=1S/C24H28N2O4S/c25-15-20-2-1-3-24(14-20)31(27,28)18-21-8-11-26(17-21)16-19-4-6-22(7-5-19)30-23-9-12-29-13-10-23/h1-7,14,21,23H,8-13,16-18H2/t21-/m1/s1. The molecule has 6 nitrogen and oxygen atoms in total. The van der Waals surface area contributed by atoms with Crippen molar-refractivity contribution in [1.82, 2.24) is 4.90 Å². The Balaban J connectivity index is 1.29. The minimum atomic E-state index is -3.40. The predicted molar refractivity (Wildman–Crippen MR) is 118 cm³/mol. The lowest BCUT2D eigenvalue weighted by Crippen LogP contribution is -2.25. The van der Waals surface area contributed by atoms with E-state index in [9.17, 15) is 8.42 Å². The Hall–Kier alpha value is -2.40. The topological polar surface area (TPSA) is 79.6 Å². The van der Waals surface area contributed by atoms with Crippen LogP contribution in [0.15, 0.2) is 53.4 Å². The molecule has 2 aromatic carbocycles. The summed E-state index contributed by atoms with van der Waals surface area (Å²) in [5.74, 6) is 1.11. The lowest BCUT2D eigenvalue weighted by atomic mass is 10.1. The van der Waals surface area contributed by atoms with Gasteiger partial charge in [-0.1, -0.05) is 18.2 Å². The maximum Gasteiger partial charge on any atom is 0.178 e. The lowest BCUT2D eigenvalue weighted by molar-refractivity contribution is 0.0255. The third-order valence-electron chi connectivity index (χ3n) is 5.95. The monoisotopic (exact) mass is 440 g/mol. The molecule has 2 aliphatic rings. The van der Waals surface area contributed by atoms with Crippen LogP contribution < -0.4 is 4.74 Å². The molecule has 2 heterocycles. The van der Waals surface area contributed by atoms with Crippen LogP contribution in [0.2, 0.25) is 0 Å². The van der Waals surface area contributed by atoms with Crippen molar-refractivity contribution in [2.45, 2.75) is 36.8 Å². The Labute approximate surface area is 184 Å². The lowest BCUT2D eigenvalue weighted by Gasteiger charge is -2.23. The van der Waals surface area contributed by atoms with Crippen molar-refractivity contribution in [3.63, 3.8) is 0 Å². The van der Waals surface area contributed by atoms with Crippen molar-refractivity contribution in [3.05, 3.63) is 59.7 Å². The van der Waals surface area contributed by atoms with Crippen LogP contribution in [0.1, 0.15) is 30.4 Å². The number of nitrogens with zero attached hydrogens (tertiary/aromatic N) is 2. The fourth-order valence-corrected chi connectivity index (χ4v) is 5.95. The summed E-state index contributed by atoms with van der Waals surface area (Å²) in [6.45, 7) is 3.98. The number of sulfone groups is 1. The van der Waals surface area contributed by atoms with Gasteiger partial charge in [-0.05, 0) is 54.8 Å². The smallest absolute Gasteiger partial charge is 0.178 e. The second-order valence-electron chi connectivity index (χ2n) is 8.38. The number of benzene rings is 2. The third-order valence-corrected chi connectivity index (χ3v) is 7.83. The fraction of sp³-hybridized carbons (Fsp3) is 0.458. The minimum absolute atomic E-state index is 0.104. The molecule has 2 aliphatic heterocycles. The van der Waals surface area contributed by atoms with Crippen molar-refractivity contribution >= 4 is 9.84 Å². The van der Waals surface area contributed by atoms with E-state index in [1.165, 1.54) is 11.6 Å². The summed E-state index contributed by atoms with van der Waals surface area (Å²) < 4.78 is 36.9. The zero-order valence-corrected chi connectivity index (χ0v) is 18.4. The number of nitriles is 1. The van der Waals surface area contributed by atoms with Crippen molar-refractivity contribution in [2.24, 2.45) is 5.92 Å². The van der Waals surface area contributed by atoms with E-state index in [-0.39, 0.29) is 22.7 Å². The second kappa shape index (κ2) is 9.82. The fourth-order valence-electron chi connectivity index (χ4n) is 4.28. The van der Waals surface area contributed by atoms with Crippen molar-refractivity contribution in [3.8, 4) is 11.8 Å². The van der Waals surface area contributed by atoms with Gasteiger partial charge in [0, 0.05) is 25.9 Å². The molecular weight excluding hydrogens is 412 g/mol. The molecule has 164 valence electrons. The first-order valence-corrected chi connectivity index (χ1v) is 12.5. The minimum Gasteiger partial charge on any atom is -0.490 e. The average Bonchev–Trinajstić information content (AvgIpc) is 3.22. The molecule has 0 aliphatic carbocycles. The summed E-state index contributed by atoms with van der Waals surface area (Å²) in [5, 5.41) is 9.02. The van der Waals surface area contributed by atoms with E-state index in [0.29, 0.717) is 5.56 Å².